The average molecular weight is 295 g/mol. The van der Waals surface area contributed by atoms with E-state index in [1.165, 1.54) is 6.33 Å². The van der Waals surface area contributed by atoms with Crippen molar-refractivity contribution >= 4 is 27.4 Å². The van der Waals surface area contributed by atoms with Crippen molar-refractivity contribution in [3.8, 4) is 0 Å². The molecule has 1 heterocycles. The molecule has 88 valence electrons. The highest BCUT2D eigenvalue weighted by atomic mass is 79.9. The molecule has 6 heteroatoms. The van der Waals surface area contributed by atoms with E-state index < -0.39 is 0 Å². The Hall–Kier alpha value is -1.66. The monoisotopic (exact) mass is 294 g/mol. The molecule has 2 aromatic rings. The molecule has 0 saturated heterocycles. The molecular weight excluding hydrogens is 284 g/mol. The van der Waals surface area contributed by atoms with Gasteiger partial charge in [-0.3, -0.25) is 4.79 Å². The number of aromatic nitrogens is 2. The first kappa shape index (κ1) is 11.8. The van der Waals surface area contributed by atoms with Crippen LogP contribution >= 0.6 is 15.9 Å². The molecule has 0 spiro atoms. The standard InChI is InChI=1S/C11H11BrN4O/c12-9-10(14-6-15-11(9)17)16-8-3-1-7(5-13)2-4-8/h1-4,6H,5,13H2,(H2,14,15,16,17). The molecule has 5 nitrogen and oxygen atoms in total. The predicted octanol–water partition coefficient (Wildman–Crippen LogP) is 1.73. The molecular formula is C11H11BrN4O. The summed E-state index contributed by atoms with van der Waals surface area (Å²) in [4.78, 5) is 17.8. The number of rotatable bonds is 3. The molecule has 17 heavy (non-hydrogen) atoms. The summed E-state index contributed by atoms with van der Waals surface area (Å²) in [6, 6.07) is 7.61. The number of H-pyrrole nitrogens is 1. The summed E-state index contributed by atoms with van der Waals surface area (Å²) in [6.45, 7) is 0.507. The molecule has 0 fully saturated rings. The molecule has 4 N–H and O–H groups in total. The molecule has 0 radical (unpaired) electrons. The SMILES string of the molecule is NCc1ccc(Nc2nc[nH]c(=O)c2Br)cc1. The van der Waals surface area contributed by atoms with Crippen molar-refractivity contribution in [3.05, 3.63) is 51.0 Å². The highest BCUT2D eigenvalue weighted by Crippen LogP contribution is 2.19. The topological polar surface area (TPSA) is 83.8 Å². The van der Waals surface area contributed by atoms with Gasteiger partial charge in [0, 0.05) is 12.2 Å². The number of aromatic amines is 1. The second-order valence-electron chi connectivity index (χ2n) is 3.42. The van der Waals surface area contributed by atoms with Crippen molar-refractivity contribution in [2.24, 2.45) is 5.73 Å². The highest BCUT2D eigenvalue weighted by Gasteiger charge is 2.04. The number of nitrogens with two attached hydrogens (primary N) is 1. The number of hydrogen-bond acceptors (Lipinski definition) is 4. The van der Waals surface area contributed by atoms with E-state index in [9.17, 15) is 4.79 Å². The van der Waals surface area contributed by atoms with Crippen LogP contribution in [0.25, 0.3) is 0 Å². The third-order valence-corrected chi connectivity index (χ3v) is 2.98. The van der Waals surface area contributed by atoms with E-state index in [1.54, 1.807) is 0 Å². The highest BCUT2D eigenvalue weighted by molar-refractivity contribution is 9.10. The van der Waals surface area contributed by atoms with E-state index in [0.29, 0.717) is 16.8 Å². The first-order valence-corrected chi connectivity index (χ1v) is 5.79. The Morgan fingerprint density at radius 3 is 2.71 bits per heavy atom. The van der Waals surface area contributed by atoms with Crippen LogP contribution in [0.15, 0.2) is 39.9 Å². The lowest BCUT2D eigenvalue weighted by Crippen LogP contribution is -2.10. The fourth-order valence-corrected chi connectivity index (χ4v) is 1.65. The lowest BCUT2D eigenvalue weighted by molar-refractivity contribution is 1.07. The van der Waals surface area contributed by atoms with Crippen LogP contribution in [0, 0.1) is 0 Å². The normalized spacial score (nSPS) is 10.2. The lowest BCUT2D eigenvalue weighted by atomic mass is 10.2. The molecule has 0 aliphatic heterocycles. The number of anilines is 2. The van der Waals surface area contributed by atoms with Crippen LogP contribution in [0.3, 0.4) is 0 Å². The van der Waals surface area contributed by atoms with Crippen molar-refractivity contribution in [1.29, 1.82) is 0 Å². The van der Waals surface area contributed by atoms with E-state index in [2.05, 4.69) is 31.2 Å². The summed E-state index contributed by atoms with van der Waals surface area (Å²) in [7, 11) is 0. The first-order chi connectivity index (χ1) is 8.20. The van der Waals surface area contributed by atoms with Crippen molar-refractivity contribution in [1.82, 2.24) is 9.97 Å². The van der Waals surface area contributed by atoms with Gasteiger partial charge in [0.15, 0.2) is 5.82 Å². The molecule has 0 unspecified atom stereocenters. The van der Waals surface area contributed by atoms with Crippen LogP contribution in [0.2, 0.25) is 0 Å². The molecule has 1 aromatic carbocycles. The van der Waals surface area contributed by atoms with Gasteiger partial charge >= 0.3 is 0 Å². The van der Waals surface area contributed by atoms with E-state index >= 15 is 0 Å². The summed E-state index contributed by atoms with van der Waals surface area (Å²) < 4.78 is 0.378. The van der Waals surface area contributed by atoms with Crippen molar-refractivity contribution in [3.63, 3.8) is 0 Å². The molecule has 2 rings (SSSR count). The van der Waals surface area contributed by atoms with Gasteiger partial charge in [-0.15, -0.1) is 0 Å². The maximum Gasteiger partial charge on any atom is 0.267 e. The van der Waals surface area contributed by atoms with Crippen molar-refractivity contribution in [2.75, 3.05) is 5.32 Å². The minimum Gasteiger partial charge on any atom is -0.339 e. The van der Waals surface area contributed by atoms with Gasteiger partial charge in [-0.25, -0.2) is 4.98 Å². The van der Waals surface area contributed by atoms with Gasteiger partial charge in [0.25, 0.3) is 5.56 Å². The smallest absolute Gasteiger partial charge is 0.267 e. The van der Waals surface area contributed by atoms with E-state index in [-0.39, 0.29) is 5.56 Å². The second kappa shape index (κ2) is 5.11. The van der Waals surface area contributed by atoms with Gasteiger partial charge in [-0.2, -0.15) is 0 Å². The van der Waals surface area contributed by atoms with Gasteiger partial charge in [0.05, 0.1) is 6.33 Å². The Morgan fingerprint density at radius 1 is 1.35 bits per heavy atom. The number of hydrogen-bond donors (Lipinski definition) is 3. The Kier molecular flexibility index (Phi) is 3.55. The first-order valence-electron chi connectivity index (χ1n) is 5.00. The molecule has 0 aliphatic carbocycles. The zero-order chi connectivity index (χ0) is 12.3. The van der Waals surface area contributed by atoms with E-state index in [1.807, 2.05) is 24.3 Å². The van der Waals surface area contributed by atoms with E-state index in [4.69, 9.17) is 5.73 Å². The Bertz CT molecular complexity index is 564. The van der Waals surface area contributed by atoms with Gasteiger partial charge in [0.1, 0.15) is 4.47 Å². The molecule has 0 aliphatic rings. The van der Waals surface area contributed by atoms with Gasteiger partial charge in [-0.1, -0.05) is 12.1 Å². The van der Waals surface area contributed by atoms with Crippen LogP contribution in [-0.2, 0) is 6.54 Å². The largest absolute Gasteiger partial charge is 0.339 e. The maximum atomic E-state index is 11.3. The zero-order valence-electron chi connectivity index (χ0n) is 8.90. The van der Waals surface area contributed by atoms with Crippen LogP contribution in [-0.4, -0.2) is 9.97 Å². The van der Waals surface area contributed by atoms with Gasteiger partial charge < -0.3 is 16.0 Å². The average Bonchev–Trinajstić information content (AvgIpc) is 2.36. The van der Waals surface area contributed by atoms with Crippen molar-refractivity contribution < 1.29 is 0 Å². The zero-order valence-corrected chi connectivity index (χ0v) is 10.5. The fourth-order valence-electron chi connectivity index (χ4n) is 1.33. The fraction of sp³-hybridized carbons (Fsp3) is 0.0909. The third kappa shape index (κ3) is 2.72. The van der Waals surface area contributed by atoms with Gasteiger partial charge in [0.2, 0.25) is 0 Å². The van der Waals surface area contributed by atoms with E-state index in [0.717, 1.165) is 11.3 Å². The van der Waals surface area contributed by atoms with Crippen molar-refractivity contribution in [2.45, 2.75) is 6.54 Å². The summed E-state index contributed by atoms with van der Waals surface area (Å²) >= 11 is 3.18. The number of nitrogens with one attached hydrogen (secondary N) is 2. The quantitative estimate of drug-likeness (QED) is 0.805. The summed E-state index contributed by atoms with van der Waals surface area (Å²) in [5, 5.41) is 3.05. The maximum absolute atomic E-state index is 11.3. The number of nitrogens with zero attached hydrogens (tertiary/aromatic N) is 1. The number of benzene rings is 1. The Labute approximate surface area is 106 Å². The lowest BCUT2D eigenvalue weighted by Gasteiger charge is -2.07. The summed E-state index contributed by atoms with van der Waals surface area (Å²) in [6.07, 6.45) is 1.35. The third-order valence-electron chi connectivity index (χ3n) is 2.25. The molecule has 0 bridgehead atoms. The van der Waals surface area contributed by atoms with Crippen LogP contribution < -0.4 is 16.6 Å². The minimum absolute atomic E-state index is 0.221. The summed E-state index contributed by atoms with van der Waals surface area (Å²) in [5.41, 5.74) is 7.19. The predicted molar refractivity (Wildman–Crippen MR) is 70.2 cm³/mol. The van der Waals surface area contributed by atoms with Gasteiger partial charge in [-0.05, 0) is 33.6 Å². The van der Waals surface area contributed by atoms with Crippen LogP contribution in [0.1, 0.15) is 5.56 Å². The minimum atomic E-state index is -0.221. The molecule has 0 atom stereocenters. The second-order valence-corrected chi connectivity index (χ2v) is 4.21. The number of halogens is 1. The van der Waals surface area contributed by atoms with Crippen LogP contribution in [0.5, 0.6) is 0 Å². The summed E-state index contributed by atoms with van der Waals surface area (Å²) in [5.74, 6) is 0.481. The Balaban J connectivity index is 2.25. The molecule has 0 saturated carbocycles. The Morgan fingerprint density at radius 2 is 2.06 bits per heavy atom. The molecule has 1 aromatic heterocycles. The molecule has 0 amide bonds. The van der Waals surface area contributed by atoms with Crippen LogP contribution in [0.4, 0.5) is 11.5 Å².